The van der Waals surface area contributed by atoms with Crippen LogP contribution in [0.4, 0.5) is 11.4 Å². The highest BCUT2D eigenvalue weighted by Crippen LogP contribution is 2.28. The van der Waals surface area contributed by atoms with E-state index in [2.05, 4.69) is 5.32 Å². The Kier molecular flexibility index (Phi) is 4.26. The van der Waals surface area contributed by atoms with Crippen molar-refractivity contribution in [1.29, 1.82) is 0 Å². The number of benzene rings is 2. The number of nitro groups is 1. The third-order valence-electron chi connectivity index (χ3n) is 3.05. The number of phenols is 1. The van der Waals surface area contributed by atoms with Crippen LogP contribution in [0, 0.1) is 17.0 Å². The first-order valence-electron chi connectivity index (χ1n) is 6.35. The van der Waals surface area contributed by atoms with Gasteiger partial charge in [-0.25, -0.2) is 0 Å². The van der Waals surface area contributed by atoms with Crippen molar-refractivity contribution >= 4 is 17.3 Å². The van der Waals surface area contributed by atoms with Crippen LogP contribution in [0.2, 0.25) is 0 Å². The van der Waals surface area contributed by atoms with E-state index in [1.54, 1.807) is 19.1 Å². The molecule has 0 heterocycles. The molecule has 7 heteroatoms. The number of hydrogen-bond acceptors (Lipinski definition) is 5. The molecule has 0 unspecified atom stereocenters. The molecule has 1 amide bonds. The number of rotatable bonds is 4. The monoisotopic (exact) mass is 302 g/mol. The van der Waals surface area contributed by atoms with Gasteiger partial charge in [-0.3, -0.25) is 14.9 Å². The number of anilines is 1. The maximum atomic E-state index is 12.3. The highest BCUT2D eigenvalue weighted by atomic mass is 16.6. The summed E-state index contributed by atoms with van der Waals surface area (Å²) in [6, 6.07) is 8.56. The fourth-order valence-electron chi connectivity index (χ4n) is 1.92. The Morgan fingerprint density at radius 2 is 2.00 bits per heavy atom. The summed E-state index contributed by atoms with van der Waals surface area (Å²) in [5.74, 6) is -0.500. The summed E-state index contributed by atoms with van der Waals surface area (Å²) in [7, 11) is 1.40. The number of nitro benzene ring substituents is 1. The average molecular weight is 302 g/mol. The van der Waals surface area contributed by atoms with Crippen molar-refractivity contribution in [3.63, 3.8) is 0 Å². The van der Waals surface area contributed by atoms with Gasteiger partial charge in [-0.1, -0.05) is 6.07 Å². The molecule has 2 aromatic carbocycles. The normalized spacial score (nSPS) is 10.1. The van der Waals surface area contributed by atoms with Gasteiger partial charge in [0.05, 0.1) is 17.7 Å². The molecular weight excluding hydrogens is 288 g/mol. The van der Waals surface area contributed by atoms with Crippen molar-refractivity contribution in [2.75, 3.05) is 12.4 Å². The Morgan fingerprint density at radius 3 is 2.64 bits per heavy atom. The van der Waals surface area contributed by atoms with E-state index >= 15 is 0 Å². The predicted octanol–water partition coefficient (Wildman–Crippen LogP) is 2.87. The fraction of sp³-hybridized carbons (Fsp3) is 0.133. The second-order valence-corrected chi connectivity index (χ2v) is 4.61. The minimum absolute atomic E-state index is 0.121. The van der Waals surface area contributed by atoms with E-state index in [-0.39, 0.29) is 22.7 Å². The summed E-state index contributed by atoms with van der Waals surface area (Å²) >= 11 is 0. The molecule has 0 spiro atoms. The molecule has 0 bridgehead atoms. The number of phenolic OH excluding ortho intramolecular Hbond substituents is 1. The third-order valence-corrected chi connectivity index (χ3v) is 3.05. The SMILES string of the molecule is COc1ccc([N+](=O)[O-])c(C(=O)Nc2cc(C)ccc2O)c1. The van der Waals surface area contributed by atoms with Crippen LogP contribution in [-0.4, -0.2) is 23.0 Å². The topological polar surface area (TPSA) is 102 Å². The molecule has 0 radical (unpaired) electrons. The van der Waals surface area contributed by atoms with Crippen LogP contribution in [0.3, 0.4) is 0 Å². The first kappa shape index (κ1) is 15.3. The molecule has 0 atom stereocenters. The number of ether oxygens (including phenoxy) is 1. The maximum Gasteiger partial charge on any atom is 0.282 e. The van der Waals surface area contributed by atoms with Crippen molar-refractivity contribution in [1.82, 2.24) is 0 Å². The molecule has 2 N–H and O–H groups in total. The molecule has 0 saturated carbocycles. The highest BCUT2D eigenvalue weighted by Gasteiger charge is 2.21. The first-order valence-corrected chi connectivity index (χ1v) is 6.35. The average Bonchev–Trinajstić information content (AvgIpc) is 2.50. The molecule has 0 fully saturated rings. The molecule has 0 aliphatic rings. The lowest BCUT2D eigenvalue weighted by Crippen LogP contribution is -2.14. The number of methoxy groups -OCH3 is 1. The highest BCUT2D eigenvalue weighted by molar-refractivity contribution is 6.08. The van der Waals surface area contributed by atoms with Gasteiger partial charge in [0.15, 0.2) is 0 Å². The number of nitrogens with one attached hydrogen (secondary N) is 1. The van der Waals surface area contributed by atoms with E-state index in [4.69, 9.17) is 4.74 Å². The minimum Gasteiger partial charge on any atom is -0.506 e. The van der Waals surface area contributed by atoms with Gasteiger partial charge < -0.3 is 15.2 Å². The van der Waals surface area contributed by atoms with Crippen LogP contribution in [-0.2, 0) is 0 Å². The zero-order chi connectivity index (χ0) is 16.3. The van der Waals surface area contributed by atoms with Crippen LogP contribution in [0.1, 0.15) is 15.9 Å². The summed E-state index contributed by atoms with van der Waals surface area (Å²) in [6.45, 7) is 1.79. The van der Waals surface area contributed by atoms with E-state index in [1.807, 2.05) is 0 Å². The van der Waals surface area contributed by atoms with Gasteiger partial charge in [-0.05, 0) is 36.8 Å². The van der Waals surface area contributed by atoms with E-state index in [0.717, 1.165) is 5.56 Å². The van der Waals surface area contributed by atoms with Crippen molar-refractivity contribution in [3.05, 3.63) is 57.6 Å². The van der Waals surface area contributed by atoms with Crippen molar-refractivity contribution in [2.45, 2.75) is 6.92 Å². The second-order valence-electron chi connectivity index (χ2n) is 4.61. The smallest absolute Gasteiger partial charge is 0.282 e. The van der Waals surface area contributed by atoms with E-state index in [9.17, 15) is 20.0 Å². The van der Waals surface area contributed by atoms with Crippen molar-refractivity contribution < 1.29 is 19.6 Å². The molecule has 114 valence electrons. The maximum absolute atomic E-state index is 12.3. The summed E-state index contributed by atoms with van der Waals surface area (Å²) < 4.78 is 4.98. The number of nitrogens with zero attached hydrogens (tertiary/aromatic N) is 1. The summed E-state index contributed by atoms with van der Waals surface area (Å²) in [5, 5.41) is 23.2. The van der Waals surface area contributed by atoms with Gasteiger partial charge in [0, 0.05) is 6.07 Å². The van der Waals surface area contributed by atoms with Crippen LogP contribution in [0.25, 0.3) is 0 Å². The predicted molar refractivity (Wildman–Crippen MR) is 80.4 cm³/mol. The third kappa shape index (κ3) is 3.14. The number of aromatic hydroxyl groups is 1. The lowest BCUT2D eigenvalue weighted by molar-refractivity contribution is -0.385. The van der Waals surface area contributed by atoms with E-state index in [1.165, 1.54) is 31.4 Å². The Morgan fingerprint density at radius 1 is 1.27 bits per heavy atom. The van der Waals surface area contributed by atoms with Gasteiger partial charge in [0.1, 0.15) is 17.1 Å². The molecule has 0 aliphatic heterocycles. The Bertz CT molecular complexity index is 743. The van der Waals surface area contributed by atoms with Crippen LogP contribution in [0.15, 0.2) is 36.4 Å². The fourth-order valence-corrected chi connectivity index (χ4v) is 1.92. The van der Waals surface area contributed by atoms with E-state index in [0.29, 0.717) is 5.75 Å². The lowest BCUT2D eigenvalue weighted by atomic mass is 10.1. The quantitative estimate of drug-likeness (QED) is 0.513. The van der Waals surface area contributed by atoms with Crippen LogP contribution in [0.5, 0.6) is 11.5 Å². The number of carbonyl (C=O) groups excluding carboxylic acids is 1. The second kappa shape index (κ2) is 6.13. The van der Waals surface area contributed by atoms with Gasteiger partial charge in [-0.2, -0.15) is 0 Å². The molecule has 2 rings (SSSR count). The molecule has 0 aromatic heterocycles. The number of carbonyl (C=O) groups is 1. The molecular formula is C15H14N2O5. The Hall–Kier alpha value is -3.09. The largest absolute Gasteiger partial charge is 0.506 e. The summed E-state index contributed by atoms with van der Waals surface area (Å²) in [6.07, 6.45) is 0. The van der Waals surface area contributed by atoms with Gasteiger partial charge >= 0.3 is 0 Å². The van der Waals surface area contributed by atoms with E-state index < -0.39 is 10.8 Å². The van der Waals surface area contributed by atoms with Crippen molar-refractivity contribution in [3.8, 4) is 11.5 Å². The minimum atomic E-state index is -0.702. The molecule has 2 aromatic rings. The Balaban J connectivity index is 2.40. The molecule has 7 nitrogen and oxygen atoms in total. The zero-order valence-electron chi connectivity index (χ0n) is 12.0. The lowest BCUT2D eigenvalue weighted by Gasteiger charge is -2.09. The number of aryl methyl sites for hydroxylation is 1. The molecule has 22 heavy (non-hydrogen) atoms. The van der Waals surface area contributed by atoms with Gasteiger partial charge in [0.25, 0.3) is 11.6 Å². The van der Waals surface area contributed by atoms with Gasteiger partial charge in [-0.15, -0.1) is 0 Å². The molecule has 0 saturated heterocycles. The first-order chi connectivity index (χ1) is 10.4. The van der Waals surface area contributed by atoms with Crippen LogP contribution >= 0.6 is 0 Å². The van der Waals surface area contributed by atoms with Crippen LogP contribution < -0.4 is 10.1 Å². The Labute approximate surface area is 126 Å². The number of amides is 1. The van der Waals surface area contributed by atoms with Gasteiger partial charge in [0.2, 0.25) is 0 Å². The van der Waals surface area contributed by atoms with Crippen molar-refractivity contribution in [2.24, 2.45) is 0 Å². The number of hydrogen-bond donors (Lipinski definition) is 2. The molecule has 0 aliphatic carbocycles. The summed E-state index contributed by atoms with van der Waals surface area (Å²) in [5.41, 5.74) is 0.519. The standard InChI is InChI=1S/C15H14N2O5/c1-9-3-6-14(18)12(7-9)16-15(19)11-8-10(22-2)4-5-13(11)17(20)21/h3-8,18H,1-2H3,(H,16,19). The zero-order valence-corrected chi connectivity index (χ0v) is 12.0. The summed E-state index contributed by atoms with van der Waals surface area (Å²) in [4.78, 5) is 22.7.